The fourth-order valence-corrected chi connectivity index (χ4v) is 1.62. The van der Waals surface area contributed by atoms with E-state index in [1.54, 1.807) is 25.3 Å². The first-order valence-corrected chi connectivity index (χ1v) is 4.73. The third kappa shape index (κ3) is 2.67. The van der Waals surface area contributed by atoms with E-state index < -0.39 is 5.97 Å². The lowest BCUT2D eigenvalue weighted by Gasteiger charge is -2.03. The van der Waals surface area contributed by atoms with Gasteiger partial charge in [0.05, 0.1) is 12.2 Å². The van der Waals surface area contributed by atoms with Crippen molar-refractivity contribution in [1.29, 1.82) is 0 Å². The van der Waals surface area contributed by atoms with E-state index in [0.29, 0.717) is 12.2 Å². The fourth-order valence-electron chi connectivity index (χ4n) is 0.953. The van der Waals surface area contributed by atoms with Crippen molar-refractivity contribution >= 4 is 28.6 Å². The Morgan fingerprint density at radius 2 is 2.31 bits per heavy atom. The Bertz CT molecular complexity index is 323. The van der Waals surface area contributed by atoms with Gasteiger partial charge >= 0.3 is 5.97 Å². The summed E-state index contributed by atoms with van der Waals surface area (Å²) in [7, 11) is 1.61. The normalized spacial score (nSPS) is 10.0. The van der Waals surface area contributed by atoms with Crippen molar-refractivity contribution in [2.75, 3.05) is 7.11 Å². The SMILES string of the molecule is COCc1ccc(C(=O)O)cc1I. The van der Waals surface area contributed by atoms with Gasteiger partial charge < -0.3 is 9.84 Å². The van der Waals surface area contributed by atoms with Crippen LogP contribution in [0.4, 0.5) is 0 Å². The first-order valence-electron chi connectivity index (χ1n) is 3.66. The summed E-state index contributed by atoms with van der Waals surface area (Å²) in [6, 6.07) is 4.99. The number of hydrogen-bond donors (Lipinski definition) is 1. The molecule has 0 aliphatic rings. The summed E-state index contributed by atoms with van der Waals surface area (Å²) >= 11 is 2.10. The third-order valence-electron chi connectivity index (χ3n) is 1.60. The minimum absolute atomic E-state index is 0.309. The molecule has 0 aliphatic heterocycles. The minimum atomic E-state index is -0.901. The number of ether oxygens (including phenoxy) is 1. The summed E-state index contributed by atoms with van der Waals surface area (Å²) in [4.78, 5) is 10.6. The van der Waals surface area contributed by atoms with Crippen LogP contribution in [0.25, 0.3) is 0 Å². The lowest BCUT2D eigenvalue weighted by Crippen LogP contribution is -1.99. The molecule has 0 atom stereocenters. The number of benzene rings is 1. The van der Waals surface area contributed by atoms with E-state index in [1.165, 1.54) is 0 Å². The maximum absolute atomic E-state index is 10.6. The second-order valence-electron chi connectivity index (χ2n) is 2.54. The molecule has 0 radical (unpaired) electrons. The molecule has 4 heteroatoms. The number of rotatable bonds is 3. The van der Waals surface area contributed by atoms with Crippen LogP contribution in [0.15, 0.2) is 18.2 Å². The molecule has 1 aromatic carbocycles. The highest BCUT2D eigenvalue weighted by Gasteiger charge is 2.05. The zero-order valence-corrected chi connectivity index (χ0v) is 9.24. The third-order valence-corrected chi connectivity index (χ3v) is 2.60. The molecule has 0 bridgehead atoms. The Hall–Kier alpha value is -0.620. The Labute approximate surface area is 89.9 Å². The highest BCUT2D eigenvalue weighted by atomic mass is 127. The Morgan fingerprint density at radius 1 is 1.62 bits per heavy atom. The molecule has 0 heterocycles. The lowest BCUT2D eigenvalue weighted by atomic mass is 10.1. The number of hydrogen-bond acceptors (Lipinski definition) is 2. The molecule has 0 fully saturated rings. The zero-order valence-electron chi connectivity index (χ0n) is 7.08. The van der Waals surface area contributed by atoms with Gasteiger partial charge in [-0.1, -0.05) is 6.07 Å². The second kappa shape index (κ2) is 4.57. The second-order valence-corrected chi connectivity index (χ2v) is 3.71. The first-order chi connectivity index (χ1) is 6.15. The van der Waals surface area contributed by atoms with Crippen molar-refractivity contribution in [3.05, 3.63) is 32.9 Å². The van der Waals surface area contributed by atoms with Crippen molar-refractivity contribution in [3.63, 3.8) is 0 Å². The van der Waals surface area contributed by atoms with Crippen LogP contribution in [-0.2, 0) is 11.3 Å². The molecule has 0 aliphatic carbocycles. The van der Waals surface area contributed by atoms with E-state index in [0.717, 1.165) is 9.13 Å². The molecule has 1 rings (SSSR count). The van der Waals surface area contributed by atoms with E-state index in [1.807, 2.05) is 0 Å². The van der Waals surface area contributed by atoms with E-state index in [2.05, 4.69) is 22.6 Å². The van der Waals surface area contributed by atoms with Gasteiger partial charge in [-0.25, -0.2) is 4.79 Å². The van der Waals surface area contributed by atoms with Crippen LogP contribution in [0.2, 0.25) is 0 Å². The molecule has 0 saturated carbocycles. The van der Waals surface area contributed by atoms with Gasteiger partial charge in [0.1, 0.15) is 0 Å². The Balaban J connectivity index is 2.98. The standard InChI is InChI=1S/C9H9IO3/c1-13-5-7-3-2-6(9(11)12)4-8(7)10/h2-4H,5H2,1H3,(H,11,12). The maximum atomic E-state index is 10.6. The van der Waals surface area contributed by atoms with Gasteiger partial charge in [0, 0.05) is 10.7 Å². The fraction of sp³-hybridized carbons (Fsp3) is 0.222. The summed E-state index contributed by atoms with van der Waals surface area (Å²) < 4.78 is 5.87. The lowest BCUT2D eigenvalue weighted by molar-refractivity contribution is 0.0696. The molecule has 0 aromatic heterocycles. The van der Waals surface area contributed by atoms with E-state index >= 15 is 0 Å². The van der Waals surface area contributed by atoms with Gasteiger partial charge in [-0.05, 0) is 40.3 Å². The highest BCUT2D eigenvalue weighted by molar-refractivity contribution is 14.1. The van der Waals surface area contributed by atoms with Gasteiger partial charge in [0.2, 0.25) is 0 Å². The van der Waals surface area contributed by atoms with Crippen molar-refractivity contribution < 1.29 is 14.6 Å². The van der Waals surface area contributed by atoms with Gasteiger partial charge in [-0.2, -0.15) is 0 Å². The van der Waals surface area contributed by atoms with E-state index in [4.69, 9.17) is 9.84 Å². The maximum Gasteiger partial charge on any atom is 0.335 e. The summed E-state index contributed by atoms with van der Waals surface area (Å²) in [5.74, 6) is -0.901. The van der Waals surface area contributed by atoms with Gasteiger partial charge in [-0.15, -0.1) is 0 Å². The number of methoxy groups -OCH3 is 1. The number of carboxylic acid groups (broad SMARTS) is 1. The molecule has 0 spiro atoms. The predicted octanol–water partition coefficient (Wildman–Crippen LogP) is 2.14. The number of carbonyl (C=O) groups is 1. The van der Waals surface area contributed by atoms with Crippen LogP contribution in [0.3, 0.4) is 0 Å². The topological polar surface area (TPSA) is 46.5 Å². The summed E-state index contributed by atoms with van der Waals surface area (Å²) in [5.41, 5.74) is 1.32. The number of halogens is 1. The molecular formula is C9H9IO3. The molecule has 0 amide bonds. The number of aromatic carboxylic acids is 1. The van der Waals surface area contributed by atoms with Crippen molar-refractivity contribution in [1.82, 2.24) is 0 Å². The van der Waals surface area contributed by atoms with Crippen LogP contribution in [0.1, 0.15) is 15.9 Å². The van der Waals surface area contributed by atoms with Crippen LogP contribution >= 0.6 is 22.6 Å². The first kappa shape index (κ1) is 10.5. The smallest absolute Gasteiger partial charge is 0.335 e. The van der Waals surface area contributed by atoms with Crippen LogP contribution < -0.4 is 0 Å². The van der Waals surface area contributed by atoms with Gasteiger partial charge in [0.25, 0.3) is 0 Å². The van der Waals surface area contributed by atoms with E-state index in [9.17, 15) is 4.79 Å². The quantitative estimate of drug-likeness (QED) is 0.868. The zero-order chi connectivity index (χ0) is 9.84. The van der Waals surface area contributed by atoms with Crippen LogP contribution in [0, 0.1) is 3.57 Å². The van der Waals surface area contributed by atoms with Crippen LogP contribution in [-0.4, -0.2) is 18.2 Å². The minimum Gasteiger partial charge on any atom is -0.478 e. The predicted molar refractivity (Wildman–Crippen MR) is 56.8 cm³/mol. The van der Waals surface area contributed by atoms with Crippen molar-refractivity contribution in [3.8, 4) is 0 Å². The average molecular weight is 292 g/mol. The van der Waals surface area contributed by atoms with Crippen molar-refractivity contribution in [2.45, 2.75) is 6.61 Å². The summed E-state index contributed by atoms with van der Waals surface area (Å²) in [6.45, 7) is 0.512. The number of carboxylic acids is 1. The summed E-state index contributed by atoms with van der Waals surface area (Å²) in [5, 5.41) is 8.70. The summed E-state index contributed by atoms with van der Waals surface area (Å²) in [6.07, 6.45) is 0. The molecule has 3 nitrogen and oxygen atoms in total. The van der Waals surface area contributed by atoms with Gasteiger partial charge in [0.15, 0.2) is 0 Å². The Morgan fingerprint density at radius 3 is 2.77 bits per heavy atom. The molecule has 0 unspecified atom stereocenters. The molecule has 70 valence electrons. The van der Waals surface area contributed by atoms with Gasteiger partial charge in [-0.3, -0.25) is 0 Å². The molecule has 13 heavy (non-hydrogen) atoms. The van der Waals surface area contributed by atoms with Crippen LogP contribution in [0.5, 0.6) is 0 Å². The molecule has 0 saturated heterocycles. The largest absolute Gasteiger partial charge is 0.478 e. The Kier molecular flexibility index (Phi) is 3.68. The van der Waals surface area contributed by atoms with E-state index in [-0.39, 0.29) is 0 Å². The monoisotopic (exact) mass is 292 g/mol. The molecular weight excluding hydrogens is 283 g/mol. The van der Waals surface area contributed by atoms with Crippen molar-refractivity contribution in [2.24, 2.45) is 0 Å². The average Bonchev–Trinajstić information content (AvgIpc) is 2.08. The molecule has 1 aromatic rings. The molecule has 1 N–H and O–H groups in total. The highest BCUT2D eigenvalue weighted by Crippen LogP contribution is 2.15.